The highest BCUT2D eigenvalue weighted by Gasteiger charge is 2.10. The van der Waals surface area contributed by atoms with Gasteiger partial charge in [0.25, 0.3) is 0 Å². The first-order chi connectivity index (χ1) is 7.74. The van der Waals surface area contributed by atoms with Crippen molar-refractivity contribution >= 4 is 16.9 Å². The Kier molecular flexibility index (Phi) is 3.03. The standard InChI is InChI=1S/C11H17N5/c1-4-5-6-15(2)10-9-7-14-16(3)11(9)13-8-12-10/h7-8H,4-6H2,1-3H3. The van der Waals surface area contributed by atoms with Crippen molar-refractivity contribution in [3.63, 3.8) is 0 Å². The van der Waals surface area contributed by atoms with E-state index in [1.807, 2.05) is 13.2 Å². The molecule has 0 unspecified atom stereocenters. The lowest BCUT2D eigenvalue weighted by atomic mass is 10.3. The van der Waals surface area contributed by atoms with Crippen LogP contribution < -0.4 is 4.90 Å². The molecule has 0 aliphatic heterocycles. The molecule has 2 aromatic rings. The number of aryl methyl sites for hydroxylation is 1. The molecule has 16 heavy (non-hydrogen) atoms. The number of hydrogen-bond acceptors (Lipinski definition) is 4. The molecular weight excluding hydrogens is 202 g/mol. The molecule has 0 saturated heterocycles. The van der Waals surface area contributed by atoms with Gasteiger partial charge in [0.1, 0.15) is 12.1 Å². The van der Waals surface area contributed by atoms with Gasteiger partial charge in [0.15, 0.2) is 5.65 Å². The topological polar surface area (TPSA) is 46.8 Å². The SMILES string of the molecule is CCCCN(C)c1ncnc2c1cnn2C. The average Bonchev–Trinajstić information content (AvgIpc) is 2.68. The molecule has 0 spiro atoms. The van der Waals surface area contributed by atoms with Crippen LogP contribution in [0.5, 0.6) is 0 Å². The minimum atomic E-state index is 0.883. The first-order valence-electron chi connectivity index (χ1n) is 5.58. The summed E-state index contributed by atoms with van der Waals surface area (Å²) in [5.74, 6) is 0.964. The van der Waals surface area contributed by atoms with Gasteiger partial charge in [-0.3, -0.25) is 4.68 Å². The number of fused-ring (bicyclic) bond motifs is 1. The summed E-state index contributed by atoms with van der Waals surface area (Å²) >= 11 is 0. The van der Waals surface area contributed by atoms with Crippen molar-refractivity contribution in [2.45, 2.75) is 19.8 Å². The molecule has 5 heteroatoms. The van der Waals surface area contributed by atoms with E-state index in [1.54, 1.807) is 11.0 Å². The zero-order valence-corrected chi connectivity index (χ0v) is 10.0. The maximum atomic E-state index is 4.33. The Hall–Kier alpha value is -1.65. The van der Waals surface area contributed by atoms with Gasteiger partial charge in [-0.2, -0.15) is 5.10 Å². The zero-order chi connectivity index (χ0) is 11.5. The van der Waals surface area contributed by atoms with Crippen molar-refractivity contribution in [3.05, 3.63) is 12.5 Å². The monoisotopic (exact) mass is 219 g/mol. The van der Waals surface area contributed by atoms with Crippen LogP contribution in [0.4, 0.5) is 5.82 Å². The highest BCUT2D eigenvalue weighted by molar-refractivity contribution is 5.86. The quantitative estimate of drug-likeness (QED) is 0.783. The smallest absolute Gasteiger partial charge is 0.163 e. The summed E-state index contributed by atoms with van der Waals surface area (Å²) in [6, 6.07) is 0. The highest BCUT2D eigenvalue weighted by Crippen LogP contribution is 2.20. The Labute approximate surface area is 95.1 Å². The van der Waals surface area contributed by atoms with Crippen LogP contribution in [0.2, 0.25) is 0 Å². The van der Waals surface area contributed by atoms with E-state index in [4.69, 9.17) is 0 Å². The minimum absolute atomic E-state index is 0.883. The second-order valence-electron chi connectivity index (χ2n) is 3.98. The van der Waals surface area contributed by atoms with Crippen molar-refractivity contribution in [1.82, 2.24) is 19.7 Å². The summed E-state index contributed by atoms with van der Waals surface area (Å²) in [6.07, 6.45) is 5.78. The predicted octanol–water partition coefficient (Wildman–Crippen LogP) is 1.60. The van der Waals surface area contributed by atoms with Gasteiger partial charge in [0.05, 0.1) is 11.6 Å². The van der Waals surface area contributed by atoms with Gasteiger partial charge in [0, 0.05) is 20.6 Å². The van der Waals surface area contributed by atoms with E-state index in [2.05, 4.69) is 33.9 Å². The molecule has 0 fully saturated rings. The van der Waals surface area contributed by atoms with E-state index in [0.717, 1.165) is 23.4 Å². The lowest BCUT2D eigenvalue weighted by Crippen LogP contribution is -2.19. The van der Waals surface area contributed by atoms with Gasteiger partial charge in [-0.15, -0.1) is 0 Å². The summed E-state index contributed by atoms with van der Waals surface area (Å²) in [4.78, 5) is 10.7. The van der Waals surface area contributed by atoms with Crippen molar-refractivity contribution in [2.75, 3.05) is 18.5 Å². The molecule has 5 nitrogen and oxygen atoms in total. The summed E-state index contributed by atoms with van der Waals surface area (Å²) in [7, 11) is 3.95. The normalized spacial score (nSPS) is 10.9. The van der Waals surface area contributed by atoms with Crippen LogP contribution in [0.25, 0.3) is 11.0 Å². The summed E-state index contributed by atoms with van der Waals surface area (Å²) in [6.45, 7) is 3.20. The summed E-state index contributed by atoms with van der Waals surface area (Å²) < 4.78 is 1.77. The van der Waals surface area contributed by atoms with E-state index in [9.17, 15) is 0 Å². The number of nitrogens with zero attached hydrogens (tertiary/aromatic N) is 5. The Morgan fingerprint density at radius 1 is 1.38 bits per heavy atom. The van der Waals surface area contributed by atoms with Crippen LogP contribution in [-0.2, 0) is 7.05 Å². The third-order valence-corrected chi connectivity index (χ3v) is 2.72. The summed E-state index contributed by atoms with van der Waals surface area (Å²) in [5.41, 5.74) is 0.883. The van der Waals surface area contributed by atoms with Gasteiger partial charge in [-0.05, 0) is 6.42 Å². The predicted molar refractivity (Wildman–Crippen MR) is 64.5 cm³/mol. The molecule has 86 valence electrons. The first-order valence-corrected chi connectivity index (χ1v) is 5.58. The van der Waals surface area contributed by atoms with Crippen LogP contribution in [-0.4, -0.2) is 33.3 Å². The molecule has 0 atom stereocenters. The molecule has 0 bridgehead atoms. The van der Waals surface area contributed by atoms with Crippen molar-refractivity contribution in [2.24, 2.45) is 7.05 Å². The third kappa shape index (κ3) is 1.85. The van der Waals surface area contributed by atoms with E-state index < -0.39 is 0 Å². The fourth-order valence-electron chi connectivity index (χ4n) is 1.76. The lowest BCUT2D eigenvalue weighted by Gasteiger charge is -2.17. The molecule has 0 amide bonds. The highest BCUT2D eigenvalue weighted by atomic mass is 15.3. The van der Waals surface area contributed by atoms with Crippen LogP contribution in [0.3, 0.4) is 0 Å². The lowest BCUT2D eigenvalue weighted by molar-refractivity contribution is 0.760. The minimum Gasteiger partial charge on any atom is -0.359 e. The van der Waals surface area contributed by atoms with Gasteiger partial charge in [-0.1, -0.05) is 13.3 Å². The molecule has 0 radical (unpaired) electrons. The molecule has 0 N–H and O–H groups in total. The molecule has 2 heterocycles. The number of aromatic nitrogens is 4. The Balaban J connectivity index is 2.36. The maximum absolute atomic E-state index is 4.33. The van der Waals surface area contributed by atoms with E-state index >= 15 is 0 Å². The van der Waals surface area contributed by atoms with Crippen LogP contribution in [0, 0.1) is 0 Å². The maximum Gasteiger partial charge on any atom is 0.163 e. The van der Waals surface area contributed by atoms with Gasteiger partial charge in [-0.25, -0.2) is 9.97 Å². The van der Waals surface area contributed by atoms with E-state index in [1.165, 1.54) is 12.8 Å². The van der Waals surface area contributed by atoms with Crippen molar-refractivity contribution in [1.29, 1.82) is 0 Å². The van der Waals surface area contributed by atoms with E-state index in [0.29, 0.717) is 0 Å². The summed E-state index contributed by atoms with van der Waals surface area (Å²) in [5, 5.41) is 5.22. The Morgan fingerprint density at radius 3 is 2.94 bits per heavy atom. The average molecular weight is 219 g/mol. The van der Waals surface area contributed by atoms with Crippen LogP contribution >= 0.6 is 0 Å². The van der Waals surface area contributed by atoms with Gasteiger partial charge < -0.3 is 4.90 Å². The molecule has 2 rings (SSSR count). The third-order valence-electron chi connectivity index (χ3n) is 2.72. The molecule has 2 aromatic heterocycles. The number of anilines is 1. The van der Waals surface area contributed by atoms with Crippen molar-refractivity contribution < 1.29 is 0 Å². The molecule has 0 saturated carbocycles. The molecule has 0 aliphatic carbocycles. The molecule has 0 aliphatic rings. The first kappa shape index (κ1) is 10.9. The van der Waals surface area contributed by atoms with Gasteiger partial charge in [0.2, 0.25) is 0 Å². The number of hydrogen-bond donors (Lipinski definition) is 0. The van der Waals surface area contributed by atoms with Gasteiger partial charge >= 0.3 is 0 Å². The number of rotatable bonds is 4. The zero-order valence-electron chi connectivity index (χ0n) is 10.0. The second kappa shape index (κ2) is 4.47. The fraction of sp³-hybridized carbons (Fsp3) is 0.545. The fourth-order valence-corrected chi connectivity index (χ4v) is 1.76. The largest absolute Gasteiger partial charge is 0.359 e. The Bertz CT molecular complexity index is 476. The Morgan fingerprint density at radius 2 is 2.19 bits per heavy atom. The van der Waals surface area contributed by atoms with Crippen LogP contribution in [0.15, 0.2) is 12.5 Å². The van der Waals surface area contributed by atoms with Crippen LogP contribution in [0.1, 0.15) is 19.8 Å². The molecule has 0 aromatic carbocycles. The van der Waals surface area contributed by atoms with E-state index in [-0.39, 0.29) is 0 Å². The number of unbranched alkanes of at least 4 members (excludes halogenated alkanes) is 1. The molecular formula is C11H17N5. The van der Waals surface area contributed by atoms with Crippen molar-refractivity contribution in [3.8, 4) is 0 Å². The second-order valence-corrected chi connectivity index (χ2v) is 3.98.